The van der Waals surface area contributed by atoms with Gasteiger partial charge in [0.05, 0.1) is 18.4 Å². The van der Waals surface area contributed by atoms with E-state index in [9.17, 15) is 32.3 Å². The topological polar surface area (TPSA) is 268 Å². The zero-order valence-corrected chi connectivity index (χ0v) is 20.7. The molecule has 0 aliphatic rings. The van der Waals surface area contributed by atoms with Crippen LogP contribution in [0.2, 0.25) is 0 Å². The van der Waals surface area contributed by atoms with Gasteiger partial charge in [-0.2, -0.15) is 26.6 Å². The number of rotatable bonds is 9. The van der Waals surface area contributed by atoms with Crippen molar-refractivity contribution in [2.24, 2.45) is 0 Å². The number of amides is 1. The van der Waals surface area contributed by atoms with E-state index in [1.165, 1.54) is 18.3 Å². The quantitative estimate of drug-likeness (QED) is 0.131. The molecule has 0 saturated carbocycles. The number of hydrogen-bond acceptors (Lipinski definition) is 11. The lowest BCUT2D eigenvalue weighted by atomic mass is 10.1. The normalized spacial score (nSPS) is 12.1. The number of halogens is 3. The van der Waals surface area contributed by atoms with Crippen molar-refractivity contribution in [1.82, 2.24) is 25.3 Å². The molecular weight excluding hydrogens is 571 g/mol. The Hall–Kier alpha value is -4.85. The Balaban J connectivity index is 0.000000611. The average Bonchev–Trinajstić information content (AvgIpc) is 2.84. The average molecular weight is 591 g/mol. The molecular formula is C20H20F3N7O9S. The maximum absolute atomic E-state index is 12.3. The molecule has 0 bridgehead atoms. The second kappa shape index (κ2) is 12.8. The number of carboxylic acids is 2. The first kappa shape index (κ1) is 31.4. The van der Waals surface area contributed by atoms with Gasteiger partial charge in [-0.25, -0.2) is 14.8 Å². The van der Waals surface area contributed by atoms with Crippen LogP contribution in [0.4, 0.5) is 24.8 Å². The highest BCUT2D eigenvalue weighted by atomic mass is 32.2. The number of carbonyl (C=O) groups excluding carboxylic acids is 1. The van der Waals surface area contributed by atoms with Gasteiger partial charge < -0.3 is 26.6 Å². The number of H-pyrrole nitrogens is 1. The number of benzene rings is 1. The molecule has 0 fully saturated rings. The zero-order valence-electron chi connectivity index (χ0n) is 19.8. The van der Waals surface area contributed by atoms with Crippen molar-refractivity contribution in [3.63, 3.8) is 0 Å². The molecule has 2 heterocycles. The van der Waals surface area contributed by atoms with E-state index in [1.807, 2.05) is 0 Å². The number of nitrogens with zero attached hydrogens (tertiary/aromatic N) is 3. The van der Waals surface area contributed by atoms with E-state index in [4.69, 9.17) is 28.9 Å². The van der Waals surface area contributed by atoms with E-state index in [1.54, 1.807) is 12.1 Å². The third-order valence-electron chi connectivity index (χ3n) is 4.65. The largest absolute Gasteiger partial charge is 0.522 e. The Morgan fingerprint density at radius 1 is 1.10 bits per heavy atom. The summed E-state index contributed by atoms with van der Waals surface area (Å²) in [7, 11) is -5.84. The van der Waals surface area contributed by atoms with Crippen LogP contribution in [-0.4, -0.2) is 72.5 Å². The number of carbonyl (C=O) groups is 3. The number of aromatic nitrogens is 4. The summed E-state index contributed by atoms with van der Waals surface area (Å²) in [5.74, 6) is -3.16. The van der Waals surface area contributed by atoms with Gasteiger partial charge in [0.15, 0.2) is 11.2 Å². The number of alkyl halides is 3. The first-order valence-corrected chi connectivity index (χ1v) is 12.1. The van der Waals surface area contributed by atoms with E-state index in [0.717, 1.165) is 0 Å². The molecule has 0 saturated heterocycles. The lowest BCUT2D eigenvalue weighted by Gasteiger charge is -2.14. The van der Waals surface area contributed by atoms with Crippen LogP contribution >= 0.6 is 0 Å². The summed E-state index contributed by atoms with van der Waals surface area (Å²) < 4.78 is 57.5. The SMILES string of the molecule is Nc1nc2ncc(CNc3ccc(C(=O)N[C@@H](CCC(=O)O)C(=O)O)cc3)nc2c(=O)[nH]1.O=S(=O)(O)C(F)(F)F. The molecule has 40 heavy (non-hydrogen) atoms. The van der Waals surface area contributed by atoms with Gasteiger partial charge >= 0.3 is 27.6 Å². The van der Waals surface area contributed by atoms with Gasteiger partial charge in [0.2, 0.25) is 5.95 Å². The number of fused-ring (bicyclic) bond motifs is 1. The standard InChI is InChI=1S/C19H19N7O6.CHF3O3S/c20-19-25-15-14(17(30)26-19)23-11(8-22-15)7-21-10-3-1-9(2-4-10)16(29)24-12(18(31)32)5-6-13(27)28;2-1(3,4)8(5,6)7/h1-4,8,12,21H,5-7H2,(H,24,29)(H,27,28)(H,31,32)(H3,20,22,25,26,30);(H,5,6,7)/t12-;/m0./s1. The summed E-state index contributed by atoms with van der Waals surface area (Å²) >= 11 is 0. The first-order chi connectivity index (χ1) is 18.5. The van der Waals surface area contributed by atoms with Crippen LogP contribution in [0.15, 0.2) is 35.3 Å². The molecule has 3 rings (SSSR count). The van der Waals surface area contributed by atoms with Crippen LogP contribution < -0.4 is 21.9 Å². The third kappa shape index (κ3) is 9.16. The minimum absolute atomic E-state index is 0.0524. The number of nitrogens with one attached hydrogen (secondary N) is 3. The molecule has 3 aromatic rings. The molecule has 0 unspecified atom stereocenters. The summed E-state index contributed by atoms with van der Waals surface area (Å²) in [5, 5.41) is 23.2. The summed E-state index contributed by atoms with van der Waals surface area (Å²) in [6, 6.07) is 4.86. The predicted octanol–water partition coefficient (Wildman–Crippen LogP) is 0.349. The van der Waals surface area contributed by atoms with Crippen molar-refractivity contribution in [3.05, 3.63) is 52.1 Å². The maximum Gasteiger partial charge on any atom is 0.522 e. The van der Waals surface area contributed by atoms with E-state index < -0.39 is 45.1 Å². The van der Waals surface area contributed by atoms with Crippen LogP contribution in [0.1, 0.15) is 28.9 Å². The summed E-state index contributed by atoms with van der Waals surface area (Å²) in [6.07, 6.45) is 0.840. The minimum atomic E-state index is -5.84. The number of nitrogens with two attached hydrogens (primary N) is 1. The number of aliphatic carboxylic acids is 2. The van der Waals surface area contributed by atoms with Gasteiger partial charge in [0.25, 0.3) is 11.5 Å². The van der Waals surface area contributed by atoms with Gasteiger partial charge in [-0.3, -0.25) is 23.9 Å². The van der Waals surface area contributed by atoms with Crippen molar-refractivity contribution >= 4 is 50.8 Å². The molecule has 16 nitrogen and oxygen atoms in total. The van der Waals surface area contributed by atoms with E-state index >= 15 is 0 Å². The second-order valence-electron chi connectivity index (χ2n) is 7.63. The summed E-state index contributed by atoms with van der Waals surface area (Å²) in [6.45, 7) is 0.231. The number of aromatic amines is 1. The smallest absolute Gasteiger partial charge is 0.481 e. The van der Waals surface area contributed by atoms with Crippen LogP contribution in [0, 0.1) is 0 Å². The Bertz CT molecular complexity index is 1560. The van der Waals surface area contributed by atoms with Crippen molar-refractivity contribution < 1.29 is 50.7 Å². The fourth-order valence-corrected chi connectivity index (χ4v) is 2.75. The maximum atomic E-state index is 12.3. The van der Waals surface area contributed by atoms with E-state index in [-0.39, 0.29) is 42.1 Å². The highest BCUT2D eigenvalue weighted by Crippen LogP contribution is 2.20. The zero-order chi connectivity index (χ0) is 30.3. The van der Waals surface area contributed by atoms with E-state index in [0.29, 0.717) is 11.4 Å². The van der Waals surface area contributed by atoms with Crippen LogP contribution in [-0.2, 0) is 26.3 Å². The Kier molecular flexibility index (Phi) is 10.0. The summed E-state index contributed by atoms with van der Waals surface area (Å²) in [4.78, 5) is 60.6. The number of nitrogen functional groups attached to an aromatic ring is 1. The summed E-state index contributed by atoms with van der Waals surface area (Å²) in [5.41, 5.74) is 0.937. The molecule has 1 atom stereocenters. The third-order valence-corrected chi connectivity index (χ3v) is 5.23. The monoisotopic (exact) mass is 591 g/mol. The van der Waals surface area contributed by atoms with Gasteiger partial charge in [-0.15, -0.1) is 0 Å². The number of anilines is 2. The fourth-order valence-electron chi connectivity index (χ4n) is 2.75. The highest BCUT2D eigenvalue weighted by Gasteiger charge is 2.44. The molecule has 1 amide bonds. The lowest BCUT2D eigenvalue weighted by Crippen LogP contribution is -2.41. The van der Waals surface area contributed by atoms with Gasteiger partial charge in [-0.1, -0.05) is 0 Å². The number of hydrogen-bond donors (Lipinski definition) is 7. The van der Waals surface area contributed by atoms with Crippen molar-refractivity contribution in [2.45, 2.75) is 30.9 Å². The minimum Gasteiger partial charge on any atom is -0.481 e. The molecule has 0 aliphatic carbocycles. The van der Waals surface area contributed by atoms with Crippen LogP contribution in [0.5, 0.6) is 0 Å². The molecule has 0 spiro atoms. The molecule has 2 aromatic heterocycles. The van der Waals surface area contributed by atoms with E-state index in [2.05, 4.69) is 30.6 Å². The molecule has 8 N–H and O–H groups in total. The van der Waals surface area contributed by atoms with Gasteiger partial charge in [-0.05, 0) is 30.7 Å². The Morgan fingerprint density at radius 3 is 2.23 bits per heavy atom. The first-order valence-electron chi connectivity index (χ1n) is 10.6. The fraction of sp³-hybridized carbons (Fsp3) is 0.250. The van der Waals surface area contributed by atoms with Crippen molar-refractivity contribution in [3.8, 4) is 0 Å². The molecule has 0 radical (unpaired) electrons. The molecule has 1 aromatic carbocycles. The number of carboxylic acid groups (broad SMARTS) is 2. The van der Waals surface area contributed by atoms with Crippen LogP contribution in [0.3, 0.4) is 0 Å². The molecule has 216 valence electrons. The van der Waals surface area contributed by atoms with Gasteiger partial charge in [0, 0.05) is 17.7 Å². The Labute approximate surface area is 221 Å². The Morgan fingerprint density at radius 2 is 1.70 bits per heavy atom. The molecule has 0 aliphatic heterocycles. The molecule has 20 heteroatoms. The highest BCUT2D eigenvalue weighted by molar-refractivity contribution is 7.86. The van der Waals surface area contributed by atoms with Crippen molar-refractivity contribution in [2.75, 3.05) is 11.1 Å². The van der Waals surface area contributed by atoms with Gasteiger partial charge in [0.1, 0.15) is 6.04 Å². The second-order valence-corrected chi connectivity index (χ2v) is 9.05. The predicted molar refractivity (Wildman–Crippen MR) is 129 cm³/mol. The lowest BCUT2D eigenvalue weighted by molar-refractivity contribution is -0.140. The van der Waals surface area contributed by atoms with Crippen molar-refractivity contribution in [1.29, 1.82) is 0 Å². The van der Waals surface area contributed by atoms with Crippen LogP contribution in [0.25, 0.3) is 11.2 Å².